The average molecular weight is 431 g/mol. The van der Waals surface area contributed by atoms with Crippen molar-refractivity contribution in [3.8, 4) is 0 Å². The van der Waals surface area contributed by atoms with Crippen molar-refractivity contribution in [3.63, 3.8) is 0 Å². The van der Waals surface area contributed by atoms with Crippen LogP contribution in [-0.4, -0.2) is 50.4 Å². The lowest BCUT2D eigenvalue weighted by Crippen LogP contribution is -2.55. The third kappa shape index (κ3) is 4.01. The summed E-state index contributed by atoms with van der Waals surface area (Å²) in [4.78, 5) is 27.1. The quantitative estimate of drug-likeness (QED) is 0.685. The number of carbonyl (C=O) groups excluding carboxylic acids is 2. The molecule has 32 heavy (non-hydrogen) atoms. The van der Waals surface area contributed by atoms with E-state index in [0.29, 0.717) is 36.5 Å². The second-order valence-electron chi connectivity index (χ2n) is 8.36. The van der Waals surface area contributed by atoms with E-state index in [9.17, 15) is 9.59 Å². The largest absolute Gasteiger partial charge is 0.365 e. The normalized spacial score (nSPS) is 20.1. The molecule has 2 aliphatic heterocycles. The number of piperidine rings is 1. The lowest BCUT2D eigenvalue weighted by Gasteiger charge is -2.44. The van der Waals surface area contributed by atoms with Crippen molar-refractivity contribution in [3.05, 3.63) is 83.2 Å². The highest BCUT2D eigenvalue weighted by atomic mass is 16.5. The summed E-state index contributed by atoms with van der Waals surface area (Å²) in [6.45, 7) is 2.44. The fraction of sp³-hybridized carbons (Fsp3) is 0.333. The molecule has 3 aromatic rings. The predicted octanol–water partition coefficient (Wildman–Crippen LogP) is 2.41. The number of amides is 2. The Morgan fingerprint density at radius 1 is 1.00 bits per heavy atom. The van der Waals surface area contributed by atoms with Gasteiger partial charge in [0.05, 0.1) is 31.9 Å². The first-order chi connectivity index (χ1) is 15.6. The first-order valence-electron chi connectivity index (χ1n) is 10.9. The molecule has 1 atom stereocenters. The number of benzene rings is 2. The van der Waals surface area contributed by atoms with Gasteiger partial charge in [-0.05, 0) is 37.1 Å². The van der Waals surface area contributed by atoms with E-state index in [0.717, 1.165) is 25.1 Å². The summed E-state index contributed by atoms with van der Waals surface area (Å²) in [6, 6.07) is 18.4. The molecule has 8 nitrogen and oxygen atoms in total. The van der Waals surface area contributed by atoms with Crippen molar-refractivity contribution in [2.45, 2.75) is 38.1 Å². The molecule has 8 heteroatoms. The number of ether oxygens (including phenoxy) is 1. The van der Waals surface area contributed by atoms with E-state index in [1.807, 2.05) is 58.1 Å². The molecule has 1 saturated heterocycles. The van der Waals surface area contributed by atoms with Crippen LogP contribution in [0.5, 0.6) is 0 Å². The Hall–Kier alpha value is -3.52. The zero-order valence-electron chi connectivity index (χ0n) is 17.7. The summed E-state index contributed by atoms with van der Waals surface area (Å²) in [5, 5.41) is 11.5. The lowest BCUT2D eigenvalue weighted by atomic mass is 9.90. The molecule has 5 rings (SSSR count). The SMILES string of the molecule is O=C(NCc1nnn2c1COC1(CCCN(C(=O)c3ccccc3)C1)C2)c1ccccc1. The number of fused-ring (bicyclic) bond motifs is 1. The topological polar surface area (TPSA) is 89.3 Å². The molecule has 2 aliphatic rings. The van der Waals surface area contributed by atoms with E-state index >= 15 is 0 Å². The van der Waals surface area contributed by atoms with Crippen molar-refractivity contribution >= 4 is 11.8 Å². The van der Waals surface area contributed by atoms with E-state index in [-0.39, 0.29) is 18.4 Å². The molecule has 3 heterocycles. The molecule has 1 fully saturated rings. The maximum absolute atomic E-state index is 12.9. The number of nitrogens with zero attached hydrogens (tertiary/aromatic N) is 4. The fourth-order valence-corrected chi connectivity index (χ4v) is 4.47. The Bertz CT molecular complexity index is 1120. The number of nitrogens with one attached hydrogen (secondary N) is 1. The van der Waals surface area contributed by atoms with Gasteiger partial charge in [-0.3, -0.25) is 9.59 Å². The molecule has 0 radical (unpaired) electrons. The maximum atomic E-state index is 12.9. The summed E-state index contributed by atoms with van der Waals surface area (Å²) in [5.74, 6) is -0.120. The number of aromatic nitrogens is 3. The van der Waals surface area contributed by atoms with Crippen LogP contribution in [0.15, 0.2) is 60.7 Å². The van der Waals surface area contributed by atoms with Crippen LogP contribution in [0, 0.1) is 0 Å². The fourth-order valence-electron chi connectivity index (χ4n) is 4.47. The van der Waals surface area contributed by atoms with Crippen LogP contribution in [0.2, 0.25) is 0 Å². The van der Waals surface area contributed by atoms with Gasteiger partial charge in [-0.1, -0.05) is 41.6 Å². The minimum absolute atomic E-state index is 0.0296. The van der Waals surface area contributed by atoms with Gasteiger partial charge in [0.25, 0.3) is 11.8 Å². The predicted molar refractivity (Wildman–Crippen MR) is 117 cm³/mol. The zero-order chi connectivity index (χ0) is 22.0. The molecule has 2 amide bonds. The van der Waals surface area contributed by atoms with Gasteiger partial charge in [0, 0.05) is 17.7 Å². The zero-order valence-corrected chi connectivity index (χ0v) is 17.7. The third-order valence-corrected chi connectivity index (χ3v) is 6.17. The Morgan fingerprint density at radius 3 is 2.47 bits per heavy atom. The first-order valence-corrected chi connectivity index (χ1v) is 10.9. The van der Waals surface area contributed by atoms with Crippen LogP contribution in [0.25, 0.3) is 0 Å². The van der Waals surface area contributed by atoms with Gasteiger partial charge in [-0.15, -0.1) is 5.10 Å². The molecule has 164 valence electrons. The summed E-state index contributed by atoms with van der Waals surface area (Å²) in [6.07, 6.45) is 1.74. The van der Waals surface area contributed by atoms with E-state index in [2.05, 4.69) is 15.6 Å². The number of carbonyl (C=O) groups is 2. The molecule has 1 N–H and O–H groups in total. The number of likely N-dealkylation sites (tertiary alicyclic amines) is 1. The van der Waals surface area contributed by atoms with Gasteiger partial charge < -0.3 is 15.0 Å². The van der Waals surface area contributed by atoms with E-state index in [4.69, 9.17) is 4.74 Å². The van der Waals surface area contributed by atoms with Crippen LogP contribution in [0.4, 0.5) is 0 Å². The Morgan fingerprint density at radius 2 is 1.72 bits per heavy atom. The molecular weight excluding hydrogens is 406 g/mol. The van der Waals surface area contributed by atoms with Gasteiger partial charge in [-0.25, -0.2) is 4.68 Å². The third-order valence-electron chi connectivity index (χ3n) is 6.17. The molecule has 2 aromatic carbocycles. The Balaban J connectivity index is 1.25. The number of rotatable bonds is 4. The lowest BCUT2D eigenvalue weighted by molar-refractivity contribution is -0.122. The van der Waals surface area contributed by atoms with Crippen LogP contribution >= 0.6 is 0 Å². The molecular formula is C24H25N5O3. The summed E-state index contributed by atoms with van der Waals surface area (Å²) < 4.78 is 8.20. The van der Waals surface area contributed by atoms with Gasteiger partial charge >= 0.3 is 0 Å². The molecule has 0 bridgehead atoms. The monoisotopic (exact) mass is 431 g/mol. The van der Waals surface area contributed by atoms with Gasteiger partial charge in [-0.2, -0.15) is 0 Å². The second-order valence-corrected chi connectivity index (χ2v) is 8.36. The van der Waals surface area contributed by atoms with Crippen LogP contribution in [0.3, 0.4) is 0 Å². The molecule has 0 aliphatic carbocycles. The van der Waals surface area contributed by atoms with E-state index in [1.54, 1.807) is 12.1 Å². The highest BCUT2D eigenvalue weighted by Gasteiger charge is 2.42. The standard InChI is InChI=1S/C24H25N5O3/c30-22(18-8-3-1-4-9-18)25-14-20-21-15-32-24(17-29(21)27-26-20)12-7-13-28(16-24)23(31)19-10-5-2-6-11-19/h1-6,8-11H,7,12-17H2,(H,25,30). The van der Waals surface area contributed by atoms with Crippen LogP contribution < -0.4 is 5.32 Å². The molecule has 1 aromatic heterocycles. The summed E-state index contributed by atoms with van der Waals surface area (Å²) in [5.41, 5.74) is 2.41. The highest BCUT2D eigenvalue weighted by Crippen LogP contribution is 2.33. The van der Waals surface area contributed by atoms with Crippen molar-refractivity contribution in [2.24, 2.45) is 0 Å². The minimum Gasteiger partial charge on any atom is -0.365 e. The first kappa shape index (κ1) is 20.4. The minimum atomic E-state index is -0.464. The van der Waals surface area contributed by atoms with Crippen molar-refractivity contribution in [1.82, 2.24) is 25.2 Å². The summed E-state index contributed by atoms with van der Waals surface area (Å²) in [7, 11) is 0. The smallest absolute Gasteiger partial charge is 0.253 e. The van der Waals surface area contributed by atoms with Crippen molar-refractivity contribution in [2.75, 3.05) is 13.1 Å². The van der Waals surface area contributed by atoms with Crippen LogP contribution in [0.1, 0.15) is 44.9 Å². The molecule has 0 saturated carbocycles. The van der Waals surface area contributed by atoms with E-state index < -0.39 is 5.60 Å². The second kappa shape index (κ2) is 8.55. The molecule has 1 spiro atoms. The highest BCUT2D eigenvalue weighted by molar-refractivity contribution is 5.94. The Kier molecular flexibility index (Phi) is 5.45. The average Bonchev–Trinajstić information content (AvgIpc) is 3.24. The maximum Gasteiger partial charge on any atom is 0.253 e. The van der Waals surface area contributed by atoms with E-state index in [1.165, 1.54) is 0 Å². The van der Waals surface area contributed by atoms with Crippen LogP contribution in [-0.2, 0) is 24.4 Å². The summed E-state index contributed by atoms with van der Waals surface area (Å²) >= 11 is 0. The van der Waals surface area contributed by atoms with Crippen molar-refractivity contribution in [1.29, 1.82) is 0 Å². The van der Waals surface area contributed by atoms with Gasteiger partial charge in [0.15, 0.2) is 0 Å². The number of hydrogen-bond acceptors (Lipinski definition) is 5. The van der Waals surface area contributed by atoms with Gasteiger partial charge in [0.1, 0.15) is 11.3 Å². The van der Waals surface area contributed by atoms with Gasteiger partial charge in [0.2, 0.25) is 0 Å². The Labute approximate surface area is 186 Å². The number of hydrogen-bond donors (Lipinski definition) is 1. The van der Waals surface area contributed by atoms with Crippen molar-refractivity contribution < 1.29 is 14.3 Å². The molecule has 1 unspecified atom stereocenters.